The van der Waals surface area contributed by atoms with Gasteiger partial charge < -0.3 is 77.2 Å². The number of hydrogen-bond donors (Lipinski definition) is 2. The summed E-state index contributed by atoms with van der Waals surface area (Å²) in [6.07, 6.45) is 1.28. The van der Waals surface area contributed by atoms with Gasteiger partial charge in [-0.05, 0) is 255 Å². The number of pyridine rings is 3. The van der Waals surface area contributed by atoms with Gasteiger partial charge in [-0.1, -0.05) is 80.5 Å². The average Bonchev–Trinajstić information content (AvgIpc) is 0.783. The number of aromatic nitrogens is 3. The number of esters is 3. The molecule has 2 N–H and O–H groups in total. The smallest absolute Gasteiger partial charge is 0.411 e. The number of nitrogens with zero attached hydrogens (tertiary/aromatic N) is 6. The predicted molar refractivity (Wildman–Crippen MR) is 428 cm³/mol. The minimum atomic E-state index is -1.36. The zero-order valence-corrected chi connectivity index (χ0v) is 70.9. The van der Waals surface area contributed by atoms with Crippen LogP contribution in [0.25, 0.3) is 0 Å². The Labute approximate surface area is 666 Å². The fourth-order valence-corrected chi connectivity index (χ4v) is 12.7. The highest BCUT2D eigenvalue weighted by Crippen LogP contribution is 2.41. The molecule has 6 aromatic rings. The lowest BCUT2D eigenvalue weighted by Crippen LogP contribution is -2.47. The summed E-state index contributed by atoms with van der Waals surface area (Å²) in [7, 11) is 8.68. The normalized spacial score (nSPS) is 14.8. The van der Waals surface area contributed by atoms with Gasteiger partial charge in [0.2, 0.25) is 11.2 Å². The molecule has 612 valence electrons. The van der Waals surface area contributed by atoms with Crippen LogP contribution in [0.4, 0.5) is 14.4 Å². The van der Waals surface area contributed by atoms with Crippen LogP contribution in [0.5, 0.6) is 34.5 Å². The van der Waals surface area contributed by atoms with Crippen LogP contribution in [0.3, 0.4) is 0 Å². The molecule has 0 fully saturated rings. The second-order valence-corrected chi connectivity index (χ2v) is 30.0. The van der Waals surface area contributed by atoms with Crippen LogP contribution in [0.1, 0.15) is 190 Å². The van der Waals surface area contributed by atoms with Gasteiger partial charge >= 0.3 is 34.8 Å². The minimum absolute atomic E-state index is 0.139. The molecule has 2 amide bonds. The first kappa shape index (κ1) is 94.4. The van der Waals surface area contributed by atoms with Gasteiger partial charge in [0.25, 0.3) is 0 Å². The van der Waals surface area contributed by atoms with E-state index in [2.05, 4.69) is 134 Å². The number of rotatable bonds is 23. The number of amides is 2. The maximum atomic E-state index is 13.0. The van der Waals surface area contributed by atoms with Gasteiger partial charge in [0.15, 0.2) is 5.60 Å². The van der Waals surface area contributed by atoms with Gasteiger partial charge in [-0.15, -0.1) is 0 Å². The fourth-order valence-electron chi connectivity index (χ4n) is 12.7. The van der Waals surface area contributed by atoms with Crippen LogP contribution in [-0.2, 0) is 77.2 Å². The van der Waals surface area contributed by atoms with E-state index >= 15 is 0 Å². The van der Waals surface area contributed by atoms with Crippen LogP contribution in [0.15, 0.2) is 91.0 Å². The molecular weight excluding hydrogens is 1470 g/mol. The summed E-state index contributed by atoms with van der Waals surface area (Å²) >= 11 is 8.80. The van der Waals surface area contributed by atoms with E-state index in [0.717, 1.165) is 92.4 Å². The molecule has 0 radical (unpaired) electrons. The van der Waals surface area contributed by atoms with Gasteiger partial charge in [0.1, 0.15) is 71.4 Å². The lowest BCUT2D eigenvalue weighted by molar-refractivity contribution is -0.160. The fraction of sp³-hybridized carbons (Fsp3) is 0.536. The molecule has 0 saturated heterocycles. The first-order chi connectivity index (χ1) is 52.3. The Hall–Kier alpha value is -9.01. The zero-order chi connectivity index (χ0) is 83.3. The predicted octanol–water partition coefficient (Wildman–Crippen LogP) is 15.9. The van der Waals surface area contributed by atoms with Crippen molar-refractivity contribution in [1.29, 1.82) is 0 Å². The summed E-state index contributed by atoms with van der Waals surface area (Å²) < 4.78 is 58.1. The van der Waals surface area contributed by atoms with Crippen molar-refractivity contribution < 1.29 is 86.0 Å². The number of aliphatic hydroxyl groups is 1. The van der Waals surface area contributed by atoms with E-state index in [4.69, 9.17) is 57.3 Å². The van der Waals surface area contributed by atoms with Gasteiger partial charge in [0, 0.05) is 36.2 Å². The molecule has 3 aromatic heterocycles. The first-order valence-corrected chi connectivity index (χ1v) is 38.1. The summed E-state index contributed by atoms with van der Waals surface area (Å²) in [5, 5.41) is 12.4. The number of benzene rings is 3. The summed E-state index contributed by atoms with van der Waals surface area (Å²) in [6.45, 7) is 40.5. The Morgan fingerprint density at radius 3 is 1.06 bits per heavy atom. The molecule has 9 rings (SSSR count). The van der Waals surface area contributed by atoms with Crippen LogP contribution in [0, 0.1) is 38.5 Å². The highest BCUT2D eigenvalue weighted by molar-refractivity contribution is 6.93. The number of carbonyl (C=O) groups excluding carboxylic acids is 6. The van der Waals surface area contributed by atoms with Gasteiger partial charge in [-0.3, -0.25) is 19.7 Å². The molecule has 3 aliphatic rings. The Balaban J connectivity index is 0.000000316. The molecule has 111 heavy (non-hydrogen) atoms. The highest BCUT2D eigenvalue weighted by atomic mass is 35.5. The first-order valence-electron chi connectivity index (χ1n) is 37.3. The van der Waals surface area contributed by atoms with Crippen molar-refractivity contribution >= 4 is 58.0 Å². The lowest BCUT2D eigenvalue weighted by atomic mass is 9.86. The second-order valence-electron chi connectivity index (χ2n) is 29.1. The van der Waals surface area contributed by atoms with E-state index in [9.17, 15) is 24.0 Å². The molecule has 27 heteroatoms. The van der Waals surface area contributed by atoms with Gasteiger partial charge in [-0.2, -0.15) is 0 Å². The Morgan fingerprint density at radius 1 is 0.486 bits per heavy atom. The molecule has 3 aromatic carbocycles. The van der Waals surface area contributed by atoms with Crippen molar-refractivity contribution in [2.45, 2.75) is 199 Å². The molecule has 0 unspecified atom stereocenters. The Bertz CT molecular complexity index is 3830. The molecule has 3 atom stereocenters. The largest absolute Gasteiger partial charge is 0.495 e. The summed E-state index contributed by atoms with van der Waals surface area (Å²) in [4.78, 5) is 88.7. The number of aryl methyl sites for hydroxylation is 3. The van der Waals surface area contributed by atoms with Crippen LogP contribution < -0.4 is 33.7 Å². The quantitative estimate of drug-likeness (QED) is 0.0342. The van der Waals surface area contributed by atoms with Crippen molar-refractivity contribution in [1.82, 2.24) is 35.0 Å². The molecule has 0 bridgehead atoms. The van der Waals surface area contributed by atoms with Gasteiger partial charge in [0.05, 0.1) is 54.7 Å². The van der Waals surface area contributed by atoms with Crippen LogP contribution in [-0.4, -0.2) is 168 Å². The monoisotopic (exact) mass is 1580 g/mol. The van der Waals surface area contributed by atoms with Crippen LogP contribution >= 0.6 is 23.2 Å². The lowest BCUT2D eigenvalue weighted by Gasteiger charge is -2.40. The molecular formula is C84H119Cl2N7O18. The SMILES string of the molecule is CCN(CC)CC.COC(=O)C(C)(C)O.COC(=O)C(C)(C)OC(=O)N1CCc2cc(OCc3nc(C)ccc3OC)ccc2[C@@H]1C(C)C.COC(=O)C(C)(C)OC(=O)N1CCc2cc(OCc3nc(C)ccc3OC)ccc2[C@@H]1C(C)C.COc1ccc(C)nc1COc1ccc2c(c1)CCN[C@H]2C(C)C.O=C(Cl)Cl. The molecule has 0 spiro atoms. The topological polar surface area (TPSA) is 285 Å². The number of nitrogens with one attached hydrogen (secondary N) is 1. The summed E-state index contributed by atoms with van der Waals surface area (Å²) in [5.41, 5.74) is 8.10. The van der Waals surface area contributed by atoms with E-state index in [1.165, 1.54) is 93.6 Å². The van der Waals surface area contributed by atoms with Crippen molar-refractivity contribution in [2.24, 2.45) is 17.8 Å². The third-order valence-electron chi connectivity index (χ3n) is 18.5. The Kier molecular flexibility index (Phi) is 38.2. The van der Waals surface area contributed by atoms with Crippen molar-refractivity contribution in [3.05, 3.63) is 159 Å². The molecule has 0 saturated carbocycles. The number of hydrogen-bond acceptors (Lipinski definition) is 23. The number of carbonyl (C=O) groups is 6. The average molecular weight is 1590 g/mol. The molecule has 25 nitrogen and oxygen atoms in total. The zero-order valence-electron chi connectivity index (χ0n) is 69.4. The van der Waals surface area contributed by atoms with E-state index in [-0.39, 0.29) is 37.1 Å². The Morgan fingerprint density at radius 2 is 0.802 bits per heavy atom. The number of methoxy groups -OCH3 is 6. The van der Waals surface area contributed by atoms with E-state index in [1.807, 2.05) is 93.6 Å². The standard InChI is InChI=1S/2C26H34N2O6.C20H26N2O2.C6H15N.C5H10O3.CCl2O/c2*1-16(2)23-20-10-9-19(33-15-21-22(31-6)11-8-17(3)27-21)14-18(20)12-13-28(23)25(30)34-26(4,5)24(29)32-7;1-13(2)20-17-7-6-16(11-15(17)9-10-21-20)24-12-18-19(23-4)8-5-14(3)22-18;1-4-7(5-2)6-3;1-5(2,7)4(6)8-3;2-1(3)4/h2*8-11,14,16,23H,12-13,15H2,1-7H3;5-8,11,13,20-21H,9-10,12H2,1-4H3;4-6H2,1-3H3;7H,1-3H3;/t2*23-;20-;;;/m000.../s1. The third kappa shape index (κ3) is 28.6. The molecule has 0 aliphatic carbocycles. The minimum Gasteiger partial charge on any atom is -0.495 e. The van der Waals surface area contributed by atoms with E-state index in [0.29, 0.717) is 56.0 Å². The molecule has 6 heterocycles. The van der Waals surface area contributed by atoms with Crippen molar-refractivity contribution in [3.63, 3.8) is 0 Å². The number of ether oxygens (including phenoxy) is 11. The van der Waals surface area contributed by atoms with E-state index < -0.39 is 51.6 Å². The third-order valence-corrected chi connectivity index (χ3v) is 18.5. The van der Waals surface area contributed by atoms with Crippen molar-refractivity contribution in [3.8, 4) is 34.5 Å². The van der Waals surface area contributed by atoms with E-state index in [1.54, 1.807) is 31.1 Å². The number of halogens is 2. The van der Waals surface area contributed by atoms with Crippen LogP contribution in [0.2, 0.25) is 0 Å². The summed E-state index contributed by atoms with van der Waals surface area (Å²) in [5.74, 6) is 3.55. The summed E-state index contributed by atoms with van der Waals surface area (Å²) in [6, 6.07) is 29.8. The maximum Gasteiger partial charge on any atom is 0.411 e. The van der Waals surface area contributed by atoms with Crippen molar-refractivity contribution in [2.75, 3.05) is 81.9 Å². The number of fused-ring (bicyclic) bond motifs is 3. The molecule has 3 aliphatic heterocycles. The highest BCUT2D eigenvalue weighted by Gasteiger charge is 2.42. The second kappa shape index (κ2) is 44.9. The van der Waals surface area contributed by atoms with Gasteiger partial charge in [-0.25, -0.2) is 24.0 Å². The maximum absolute atomic E-state index is 13.0.